The summed E-state index contributed by atoms with van der Waals surface area (Å²) in [7, 11) is 0. The van der Waals surface area contributed by atoms with Crippen LogP contribution in [-0.4, -0.2) is 17.7 Å². The van der Waals surface area contributed by atoms with Crippen LogP contribution in [0.3, 0.4) is 0 Å². The monoisotopic (exact) mass is 284 g/mol. The summed E-state index contributed by atoms with van der Waals surface area (Å²) in [5.74, 6) is -0.251. The van der Waals surface area contributed by atoms with Gasteiger partial charge in [-0.1, -0.05) is 31.0 Å². The van der Waals surface area contributed by atoms with Crippen LogP contribution in [0.25, 0.3) is 0 Å². The molecule has 0 radical (unpaired) electrons. The minimum Gasteiger partial charge on any atom is -0.466 e. The molecule has 0 amide bonds. The zero-order chi connectivity index (χ0) is 14.3. The van der Waals surface area contributed by atoms with Crippen LogP contribution in [0.4, 0.5) is 0 Å². The second kappa shape index (κ2) is 8.18. The van der Waals surface area contributed by atoms with Crippen molar-refractivity contribution in [1.82, 2.24) is 0 Å². The Labute approximate surface area is 119 Å². The van der Waals surface area contributed by atoms with Gasteiger partial charge in [-0.2, -0.15) is 0 Å². The Balaban J connectivity index is 2.42. The molecule has 4 heteroatoms. The van der Waals surface area contributed by atoms with Gasteiger partial charge in [0.1, 0.15) is 0 Å². The Hall–Kier alpha value is -1.06. The van der Waals surface area contributed by atoms with Crippen molar-refractivity contribution in [3.8, 4) is 0 Å². The number of aryl methyl sites for hydroxylation is 1. The Bertz CT molecular complexity index is 418. The number of carbonyl (C=O) groups is 1. The molecule has 1 N–H and O–H groups in total. The number of benzene rings is 1. The minimum absolute atomic E-state index is 0.229. The average molecular weight is 285 g/mol. The lowest BCUT2D eigenvalue weighted by atomic mass is 10.00. The van der Waals surface area contributed by atoms with E-state index in [9.17, 15) is 9.90 Å². The molecule has 0 saturated heterocycles. The fraction of sp³-hybridized carbons (Fsp3) is 0.533. The van der Waals surface area contributed by atoms with Crippen LogP contribution in [0.2, 0.25) is 5.02 Å². The third-order valence-electron chi connectivity index (χ3n) is 2.97. The largest absolute Gasteiger partial charge is 0.466 e. The number of hydrogen-bond acceptors (Lipinski definition) is 3. The fourth-order valence-electron chi connectivity index (χ4n) is 1.83. The van der Waals surface area contributed by atoms with Crippen molar-refractivity contribution in [2.45, 2.75) is 45.6 Å². The van der Waals surface area contributed by atoms with Gasteiger partial charge in [-0.25, -0.2) is 0 Å². The molecule has 0 heterocycles. The maximum absolute atomic E-state index is 11.4. The number of carbonyl (C=O) groups excluding carboxylic acids is 1. The second-order valence-corrected chi connectivity index (χ2v) is 5.07. The maximum Gasteiger partial charge on any atom is 0.305 e. The van der Waals surface area contributed by atoms with Gasteiger partial charge < -0.3 is 9.84 Å². The number of ether oxygens (including phenoxy) is 1. The number of aliphatic hydroxyl groups excluding tert-OH is 1. The highest BCUT2D eigenvalue weighted by Crippen LogP contribution is 2.24. The Morgan fingerprint density at radius 2 is 2.21 bits per heavy atom. The standard InChI is InChI=1S/C15H21ClO3/c1-3-4-9-19-15(18)8-7-14(17)13-6-5-12(16)10-11(13)2/h5-6,10,14,17H,3-4,7-9H2,1-2H3. The molecule has 1 aromatic carbocycles. The average Bonchev–Trinajstić information content (AvgIpc) is 2.36. The Morgan fingerprint density at radius 3 is 2.84 bits per heavy atom. The molecule has 0 spiro atoms. The molecule has 19 heavy (non-hydrogen) atoms. The van der Waals surface area contributed by atoms with Crippen molar-refractivity contribution in [2.24, 2.45) is 0 Å². The van der Waals surface area contributed by atoms with Gasteiger partial charge in [0, 0.05) is 11.4 Å². The molecule has 3 nitrogen and oxygen atoms in total. The van der Waals surface area contributed by atoms with Gasteiger partial charge in [-0.05, 0) is 43.0 Å². The number of esters is 1. The van der Waals surface area contributed by atoms with E-state index in [-0.39, 0.29) is 12.4 Å². The van der Waals surface area contributed by atoms with E-state index in [1.807, 2.05) is 13.8 Å². The molecule has 0 aliphatic heterocycles. The lowest BCUT2D eigenvalue weighted by Crippen LogP contribution is -2.08. The predicted octanol–water partition coefficient (Wildman–Crippen LogP) is 3.81. The summed E-state index contributed by atoms with van der Waals surface area (Å²) in [6.45, 7) is 4.40. The molecule has 0 fully saturated rings. The van der Waals surface area contributed by atoms with Crippen molar-refractivity contribution >= 4 is 17.6 Å². The lowest BCUT2D eigenvalue weighted by molar-refractivity contribution is -0.144. The van der Waals surface area contributed by atoms with Crippen molar-refractivity contribution in [3.63, 3.8) is 0 Å². The molecule has 1 rings (SSSR count). The van der Waals surface area contributed by atoms with E-state index in [1.165, 1.54) is 0 Å². The first-order valence-corrected chi connectivity index (χ1v) is 7.02. The van der Waals surface area contributed by atoms with Crippen LogP contribution in [0, 0.1) is 6.92 Å². The maximum atomic E-state index is 11.4. The Kier molecular flexibility index (Phi) is 6.89. The SMILES string of the molecule is CCCCOC(=O)CCC(O)c1ccc(Cl)cc1C. The summed E-state index contributed by atoms with van der Waals surface area (Å²) in [6, 6.07) is 5.34. The van der Waals surface area contributed by atoms with Gasteiger partial charge >= 0.3 is 5.97 Å². The van der Waals surface area contributed by atoms with E-state index in [1.54, 1.807) is 18.2 Å². The number of rotatable bonds is 7. The van der Waals surface area contributed by atoms with Crippen LogP contribution in [0.5, 0.6) is 0 Å². The van der Waals surface area contributed by atoms with E-state index in [2.05, 4.69) is 0 Å². The normalized spacial score (nSPS) is 12.2. The third kappa shape index (κ3) is 5.62. The lowest BCUT2D eigenvalue weighted by Gasteiger charge is -2.13. The van der Waals surface area contributed by atoms with Crippen molar-refractivity contribution in [3.05, 3.63) is 34.3 Å². The molecular formula is C15H21ClO3. The summed E-state index contributed by atoms with van der Waals surface area (Å²) in [5.41, 5.74) is 1.74. The topological polar surface area (TPSA) is 46.5 Å². The first kappa shape index (κ1) is 16.0. The fourth-order valence-corrected chi connectivity index (χ4v) is 2.05. The van der Waals surface area contributed by atoms with E-state index >= 15 is 0 Å². The van der Waals surface area contributed by atoms with Gasteiger partial charge in [0.05, 0.1) is 12.7 Å². The molecule has 106 valence electrons. The molecule has 1 aromatic rings. The van der Waals surface area contributed by atoms with Gasteiger partial charge in [-0.3, -0.25) is 4.79 Å². The molecular weight excluding hydrogens is 264 g/mol. The quantitative estimate of drug-likeness (QED) is 0.612. The highest BCUT2D eigenvalue weighted by Gasteiger charge is 2.13. The second-order valence-electron chi connectivity index (χ2n) is 4.63. The summed E-state index contributed by atoms with van der Waals surface area (Å²) in [4.78, 5) is 11.4. The highest BCUT2D eigenvalue weighted by molar-refractivity contribution is 6.30. The van der Waals surface area contributed by atoms with Crippen LogP contribution < -0.4 is 0 Å². The molecule has 1 atom stereocenters. The van der Waals surface area contributed by atoms with Gasteiger partial charge in [0.15, 0.2) is 0 Å². The predicted molar refractivity (Wildman–Crippen MR) is 76.2 cm³/mol. The first-order valence-electron chi connectivity index (χ1n) is 6.64. The number of hydrogen-bond donors (Lipinski definition) is 1. The summed E-state index contributed by atoms with van der Waals surface area (Å²) < 4.78 is 5.05. The third-order valence-corrected chi connectivity index (χ3v) is 3.21. The van der Waals surface area contributed by atoms with Crippen molar-refractivity contribution in [2.75, 3.05) is 6.61 Å². The van der Waals surface area contributed by atoms with Crippen LogP contribution in [-0.2, 0) is 9.53 Å². The molecule has 0 bridgehead atoms. The number of halogens is 1. The zero-order valence-electron chi connectivity index (χ0n) is 11.5. The van der Waals surface area contributed by atoms with E-state index in [0.29, 0.717) is 18.1 Å². The molecule has 0 aliphatic rings. The number of unbranched alkanes of at least 4 members (excludes halogenated alkanes) is 1. The highest BCUT2D eigenvalue weighted by atomic mass is 35.5. The molecule has 1 unspecified atom stereocenters. The van der Waals surface area contributed by atoms with E-state index in [4.69, 9.17) is 16.3 Å². The van der Waals surface area contributed by atoms with Crippen molar-refractivity contribution < 1.29 is 14.6 Å². The summed E-state index contributed by atoms with van der Waals surface area (Å²) >= 11 is 5.86. The molecule has 0 aromatic heterocycles. The van der Waals surface area contributed by atoms with Crippen LogP contribution in [0.15, 0.2) is 18.2 Å². The molecule has 0 aliphatic carbocycles. The van der Waals surface area contributed by atoms with Crippen LogP contribution in [0.1, 0.15) is 49.8 Å². The van der Waals surface area contributed by atoms with Crippen molar-refractivity contribution in [1.29, 1.82) is 0 Å². The molecule has 0 saturated carbocycles. The van der Waals surface area contributed by atoms with Gasteiger partial charge in [0.25, 0.3) is 0 Å². The first-order chi connectivity index (χ1) is 9.04. The summed E-state index contributed by atoms with van der Waals surface area (Å²) in [5, 5.41) is 10.7. The van der Waals surface area contributed by atoms with E-state index in [0.717, 1.165) is 24.0 Å². The zero-order valence-corrected chi connectivity index (χ0v) is 12.2. The van der Waals surface area contributed by atoms with E-state index < -0.39 is 6.10 Å². The van der Waals surface area contributed by atoms with Crippen LogP contribution >= 0.6 is 11.6 Å². The summed E-state index contributed by atoms with van der Waals surface area (Å²) in [6.07, 6.45) is 1.82. The Morgan fingerprint density at radius 1 is 1.47 bits per heavy atom. The smallest absolute Gasteiger partial charge is 0.305 e. The van der Waals surface area contributed by atoms with Gasteiger partial charge in [0.2, 0.25) is 0 Å². The van der Waals surface area contributed by atoms with Gasteiger partial charge in [-0.15, -0.1) is 0 Å². The minimum atomic E-state index is -0.656. The number of aliphatic hydroxyl groups is 1.